The summed E-state index contributed by atoms with van der Waals surface area (Å²) in [6.45, 7) is 12.4. The maximum absolute atomic E-state index is 4.58. The minimum Gasteiger partial charge on any atom is -0.336 e. The van der Waals surface area contributed by atoms with Crippen LogP contribution in [-0.4, -0.2) is 26.3 Å². The van der Waals surface area contributed by atoms with Gasteiger partial charge in [0.25, 0.3) is 0 Å². The molecule has 3 rings (SSSR count). The van der Waals surface area contributed by atoms with Gasteiger partial charge in [0.15, 0.2) is 0 Å². The number of hydrogen-bond acceptors (Lipinski definition) is 4. The summed E-state index contributed by atoms with van der Waals surface area (Å²) < 4.78 is 2.15. The summed E-state index contributed by atoms with van der Waals surface area (Å²) in [5.41, 5.74) is 4.72. The SMILES string of the molecule is Cc1cc(C)nc(N2CCc3c(cnn3C(C)(C)C)C2)n1. The third-order valence-corrected chi connectivity index (χ3v) is 3.82. The van der Waals surface area contributed by atoms with Gasteiger partial charge < -0.3 is 4.90 Å². The van der Waals surface area contributed by atoms with Gasteiger partial charge in [0.05, 0.1) is 11.7 Å². The van der Waals surface area contributed by atoms with Gasteiger partial charge in [0.1, 0.15) is 0 Å². The molecule has 0 aliphatic carbocycles. The zero-order chi connectivity index (χ0) is 15.2. The summed E-state index contributed by atoms with van der Waals surface area (Å²) in [6, 6.07) is 2.01. The number of nitrogens with zero attached hydrogens (tertiary/aromatic N) is 5. The number of rotatable bonds is 1. The molecule has 1 aliphatic heterocycles. The number of aryl methyl sites for hydroxylation is 2. The van der Waals surface area contributed by atoms with E-state index >= 15 is 0 Å². The Morgan fingerprint density at radius 1 is 1.10 bits per heavy atom. The van der Waals surface area contributed by atoms with Crippen LogP contribution in [0.15, 0.2) is 12.3 Å². The van der Waals surface area contributed by atoms with Gasteiger partial charge >= 0.3 is 0 Å². The Bertz CT molecular complexity index is 646. The van der Waals surface area contributed by atoms with Gasteiger partial charge in [0, 0.05) is 42.2 Å². The van der Waals surface area contributed by atoms with Crippen LogP contribution in [0.4, 0.5) is 5.95 Å². The molecule has 112 valence electrons. The summed E-state index contributed by atoms with van der Waals surface area (Å²) >= 11 is 0. The largest absolute Gasteiger partial charge is 0.336 e. The minimum atomic E-state index is 0.0339. The predicted octanol–water partition coefficient (Wildman–Crippen LogP) is 2.61. The molecular weight excluding hydrogens is 262 g/mol. The smallest absolute Gasteiger partial charge is 0.226 e. The zero-order valence-electron chi connectivity index (χ0n) is 13.5. The van der Waals surface area contributed by atoms with Crippen molar-refractivity contribution in [1.29, 1.82) is 0 Å². The molecule has 0 atom stereocenters. The Balaban J connectivity index is 1.90. The van der Waals surface area contributed by atoms with Gasteiger partial charge in [-0.1, -0.05) is 0 Å². The van der Waals surface area contributed by atoms with Crippen molar-refractivity contribution in [2.24, 2.45) is 0 Å². The second-order valence-electron chi connectivity index (χ2n) is 6.82. The molecule has 5 heteroatoms. The van der Waals surface area contributed by atoms with E-state index in [2.05, 4.69) is 45.4 Å². The fourth-order valence-corrected chi connectivity index (χ4v) is 2.93. The lowest BCUT2D eigenvalue weighted by Crippen LogP contribution is -2.34. The highest BCUT2D eigenvalue weighted by Crippen LogP contribution is 2.26. The molecule has 1 aliphatic rings. The zero-order valence-corrected chi connectivity index (χ0v) is 13.5. The van der Waals surface area contributed by atoms with Gasteiger partial charge in [-0.25, -0.2) is 9.97 Å². The second kappa shape index (κ2) is 4.83. The first-order valence-electron chi connectivity index (χ1n) is 7.48. The Morgan fingerprint density at radius 3 is 2.38 bits per heavy atom. The molecule has 3 heterocycles. The molecule has 21 heavy (non-hydrogen) atoms. The molecule has 0 N–H and O–H groups in total. The van der Waals surface area contributed by atoms with Gasteiger partial charge in [-0.2, -0.15) is 5.10 Å². The molecule has 0 fully saturated rings. The van der Waals surface area contributed by atoms with E-state index in [0.29, 0.717) is 0 Å². The molecule has 0 unspecified atom stereocenters. The Labute approximate surface area is 126 Å². The van der Waals surface area contributed by atoms with Crippen LogP contribution in [0.3, 0.4) is 0 Å². The molecule has 0 saturated heterocycles. The number of anilines is 1. The van der Waals surface area contributed by atoms with Crippen LogP contribution < -0.4 is 4.90 Å². The monoisotopic (exact) mass is 285 g/mol. The van der Waals surface area contributed by atoms with Gasteiger partial charge in [0.2, 0.25) is 5.95 Å². The van der Waals surface area contributed by atoms with E-state index < -0.39 is 0 Å². The van der Waals surface area contributed by atoms with Crippen LogP contribution in [0, 0.1) is 13.8 Å². The summed E-state index contributed by atoms with van der Waals surface area (Å²) in [7, 11) is 0. The summed E-state index contributed by atoms with van der Waals surface area (Å²) in [4.78, 5) is 11.4. The van der Waals surface area contributed by atoms with Crippen molar-refractivity contribution in [2.45, 2.75) is 53.1 Å². The van der Waals surface area contributed by atoms with E-state index in [1.54, 1.807) is 0 Å². The average Bonchev–Trinajstić information content (AvgIpc) is 2.80. The third kappa shape index (κ3) is 2.64. The first-order chi connectivity index (χ1) is 9.84. The maximum Gasteiger partial charge on any atom is 0.226 e. The Morgan fingerprint density at radius 2 is 1.76 bits per heavy atom. The minimum absolute atomic E-state index is 0.0339. The van der Waals surface area contributed by atoms with E-state index in [9.17, 15) is 0 Å². The topological polar surface area (TPSA) is 46.8 Å². The highest BCUT2D eigenvalue weighted by Gasteiger charge is 2.26. The maximum atomic E-state index is 4.58. The van der Waals surface area contributed by atoms with Crippen molar-refractivity contribution in [3.8, 4) is 0 Å². The van der Waals surface area contributed by atoms with E-state index in [1.165, 1.54) is 11.3 Å². The molecule has 0 radical (unpaired) electrons. The standard InChI is InChI=1S/C16H23N5/c1-11-8-12(2)19-15(18-11)20-7-6-14-13(10-20)9-17-21(14)16(3,4)5/h8-9H,6-7,10H2,1-5H3. The van der Waals surface area contributed by atoms with Crippen molar-refractivity contribution >= 4 is 5.95 Å². The lowest BCUT2D eigenvalue weighted by atomic mass is 10.0. The van der Waals surface area contributed by atoms with E-state index in [4.69, 9.17) is 0 Å². The molecule has 0 aromatic carbocycles. The van der Waals surface area contributed by atoms with Crippen LogP contribution >= 0.6 is 0 Å². The average molecular weight is 285 g/mol. The quantitative estimate of drug-likeness (QED) is 0.808. The first kappa shape index (κ1) is 14.0. The Hall–Kier alpha value is -1.91. The van der Waals surface area contributed by atoms with Crippen LogP contribution in [0.25, 0.3) is 0 Å². The van der Waals surface area contributed by atoms with E-state index in [1.807, 2.05) is 26.1 Å². The fourth-order valence-electron chi connectivity index (χ4n) is 2.93. The van der Waals surface area contributed by atoms with Crippen molar-refractivity contribution in [2.75, 3.05) is 11.4 Å². The molecule has 0 amide bonds. The van der Waals surface area contributed by atoms with Gasteiger partial charge in [-0.3, -0.25) is 4.68 Å². The van der Waals surface area contributed by atoms with Gasteiger partial charge in [-0.05, 0) is 40.7 Å². The lowest BCUT2D eigenvalue weighted by Gasteiger charge is -2.30. The fraction of sp³-hybridized carbons (Fsp3) is 0.562. The van der Waals surface area contributed by atoms with Crippen molar-refractivity contribution in [1.82, 2.24) is 19.7 Å². The van der Waals surface area contributed by atoms with Crippen molar-refractivity contribution < 1.29 is 0 Å². The molecule has 5 nitrogen and oxygen atoms in total. The first-order valence-corrected chi connectivity index (χ1v) is 7.48. The van der Waals surface area contributed by atoms with Gasteiger partial charge in [-0.15, -0.1) is 0 Å². The molecule has 0 spiro atoms. The molecule has 0 saturated carbocycles. The molecular formula is C16H23N5. The normalized spacial score (nSPS) is 15.2. The van der Waals surface area contributed by atoms with Crippen LogP contribution in [0.2, 0.25) is 0 Å². The molecule has 2 aromatic heterocycles. The second-order valence-corrected chi connectivity index (χ2v) is 6.82. The molecule has 2 aromatic rings. The third-order valence-electron chi connectivity index (χ3n) is 3.82. The number of hydrogen-bond donors (Lipinski definition) is 0. The lowest BCUT2D eigenvalue weighted by molar-refractivity contribution is 0.341. The van der Waals surface area contributed by atoms with Crippen molar-refractivity contribution in [3.05, 3.63) is 34.9 Å². The molecule has 0 bridgehead atoms. The highest BCUT2D eigenvalue weighted by molar-refractivity contribution is 5.38. The van der Waals surface area contributed by atoms with Crippen LogP contribution in [-0.2, 0) is 18.5 Å². The van der Waals surface area contributed by atoms with Crippen molar-refractivity contribution in [3.63, 3.8) is 0 Å². The highest BCUT2D eigenvalue weighted by atomic mass is 15.3. The summed E-state index contributed by atoms with van der Waals surface area (Å²) in [5, 5.41) is 4.58. The summed E-state index contributed by atoms with van der Waals surface area (Å²) in [6.07, 6.45) is 2.98. The Kier molecular flexibility index (Phi) is 3.23. The summed E-state index contributed by atoms with van der Waals surface area (Å²) in [5.74, 6) is 0.835. The van der Waals surface area contributed by atoms with Crippen LogP contribution in [0.5, 0.6) is 0 Å². The number of aromatic nitrogens is 4. The predicted molar refractivity (Wildman–Crippen MR) is 83.5 cm³/mol. The van der Waals surface area contributed by atoms with E-state index in [-0.39, 0.29) is 5.54 Å². The van der Waals surface area contributed by atoms with Crippen LogP contribution in [0.1, 0.15) is 43.4 Å². The van der Waals surface area contributed by atoms with E-state index in [0.717, 1.165) is 36.8 Å². The number of fused-ring (bicyclic) bond motifs is 1.